The second-order valence-corrected chi connectivity index (χ2v) is 6.89. The fraction of sp³-hybridized carbons (Fsp3) is 0.647. The van der Waals surface area contributed by atoms with Crippen molar-refractivity contribution in [2.75, 3.05) is 33.3 Å². The van der Waals surface area contributed by atoms with Crippen LogP contribution in [-0.2, 0) is 6.54 Å². The number of hydrogen-bond donors (Lipinski definition) is 1. The van der Waals surface area contributed by atoms with Crippen LogP contribution >= 0.6 is 15.9 Å². The Labute approximate surface area is 137 Å². The van der Waals surface area contributed by atoms with Gasteiger partial charge in [0.25, 0.3) is 0 Å². The lowest BCUT2D eigenvalue weighted by Gasteiger charge is -2.29. The van der Waals surface area contributed by atoms with E-state index in [4.69, 9.17) is 4.74 Å². The average Bonchev–Trinajstić information content (AvgIpc) is 2.48. The van der Waals surface area contributed by atoms with Crippen LogP contribution in [0.1, 0.15) is 31.7 Å². The first kappa shape index (κ1) is 16.8. The molecule has 3 nitrogen and oxygen atoms in total. The van der Waals surface area contributed by atoms with Crippen molar-refractivity contribution in [1.29, 1.82) is 0 Å². The van der Waals surface area contributed by atoms with Crippen LogP contribution in [0.5, 0.6) is 5.75 Å². The summed E-state index contributed by atoms with van der Waals surface area (Å²) in [6.07, 6.45) is 3.65. The van der Waals surface area contributed by atoms with Gasteiger partial charge in [-0.05, 0) is 70.1 Å². The molecule has 0 aliphatic carbocycles. The lowest BCUT2D eigenvalue weighted by Crippen LogP contribution is -2.34. The number of likely N-dealkylation sites (tertiary alicyclic amines) is 1. The largest absolute Gasteiger partial charge is 0.493 e. The molecule has 1 aromatic carbocycles. The van der Waals surface area contributed by atoms with Gasteiger partial charge in [-0.3, -0.25) is 0 Å². The number of rotatable bonds is 7. The summed E-state index contributed by atoms with van der Waals surface area (Å²) in [4.78, 5) is 2.42. The molecule has 0 saturated carbocycles. The summed E-state index contributed by atoms with van der Waals surface area (Å²) in [7, 11) is 2.21. The molecule has 1 aromatic rings. The topological polar surface area (TPSA) is 24.5 Å². The molecule has 1 heterocycles. The van der Waals surface area contributed by atoms with Gasteiger partial charge >= 0.3 is 0 Å². The Morgan fingerprint density at radius 2 is 2.10 bits per heavy atom. The van der Waals surface area contributed by atoms with Gasteiger partial charge in [-0.15, -0.1) is 0 Å². The first-order valence-corrected chi connectivity index (χ1v) is 8.78. The minimum Gasteiger partial charge on any atom is -0.493 e. The Kier molecular flexibility index (Phi) is 7.00. The number of nitrogens with zero attached hydrogens (tertiary/aromatic N) is 1. The Bertz CT molecular complexity index is 431. The minimum atomic E-state index is 0.781. The van der Waals surface area contributed by atoms with Crippen molar-refractivity contribution >= 4 is 15.9 Å². The minimum absolute atomic E-state index is 0.781. The molecule has 1 fully saturated rings. The lowest BCUT2D eigenvalue weighted by molar-refractivity contribution is 0.215. The average molecular weight is 355 g/mol. The quantitative estimate of drug-likeness (QED) is 0.808. The van der Waals surface area contributed by atoms with E-state index in [1.54, 1.807) is 0 Å². The number of ether oxygens (including phenoxy) is 1. The molecule has 118 valence electrons. The number of hydrogen-bond acceptors (Lipinski definition) is 3. The molecule has 1 aliphatic rings. The van der Waals surface area contributed by atoms with Crippen LogP contribution in [0, 0.1) is 5.92 Å². The first-order chi connectivity index (χ1) is 10.2. The van der Waals surface area contributed by atoms with E-state index < -0.39 is 0 Å². The van der Waals surface area contributed by atoms with Crippen LogP contribution in [0.2, 0.25) is 0 Å². The van der Waals surface area contributed by atoms with Gasteiger partial charge in [0, 0.05) is 16.6 Å². The third kappa shape index (κ3) is 5.61. The van der Waals surface area contributed by atoms with Gasteiger partial charge in [-0.25, -0.2) is 0 Å². The first-order valence-electron chi connectivity index (χ1n) is 7.99. The van der Waals surface area contributed by atoms with E-state index in [9.17, 15) is 0 Å². The molecule has 1 saturated heterocycles. The van der Waals surface area contributed by atoms with Crippen LogP contribution < -0.4 is 10.1 Å². The zero-order chi connectivity index (χ0) is 15.1. The van der Waals surface area contributed by atoms with Crippen LogP contribution in [0.3, 0.4) is 0 Å². The number of piperidine rings is 1. The Morgan fingerprint density at radius 3 is 2.81 bits per heavy atom. The normalized spacial score (nSPS) is 17.1. The fourth-order valence-corrected chi connectivity index (χ4v) is 3.12. The van der Waals surface area contributed by atoms with Gasteiger partial charge in [0.2, 0.25) is 0 Å². The van der Waals surface area contributed by atoms with E-state index in [-0.39, 0.29) is 0 Å². The third-order valence-electron chi connectivity index (χ3n) is 4.07. The van der Waals surface area contributed by atoms with E-state index in [2.05, 4.69) is 52.3 Å². The number of nitrogens with one attached hydrogen (secondary N) is 1. The number of halogens is 1. The van der Waals surface area contributed by atoms with Gasteiger partial charge in [0.1, 0.15) is 5.75 Å². The fourth-order valence-electron chi connectivity index (χ4n) is 2.72. The van der Waals surface area contributed by atoms with Crippen molar-refractivity contribution in [3.05, 3.63) is 28.2 Å². The molecule has 21 heavy (non-hydrogen) atoms. The standard InChI is InChI=1S/C17H27BrN2O/c1-3-10-21-17-5-4-16(18)11-15(17)13-19-12-14-6-8-20(2)9-7-14/h4-5,11,14,19H,3,6-10,12-13H2,1-2H3. The van der Waals surface area contributed by atoms with Gasteiger partial charge in [0.15, 0.2) is 0 Å². The maximum absolute atomic E-state index is 5.83. The molecule has 0 atom stereocenters. The van der Waals surface area contributed by atoms with Gasteiger partial charge < -0.3 is 15.0 Å². The smallest absolute Gasteiger partial charge is 0.123 e. The van der Waals surface area contributed by atoms with Crippen molar-refractivity contribution in [2.45, 2.75) is 32.7 Å². The van der Waals surface area contributed by atoms with Crippen molar-refractivity contribution < 1.29 is 4.74 Å². The Morgan fingerprint density at radius 1 is 1.33 bits per heavy atom. The monoisotopic (exact) mass is 354 g/mol. The predicted molar refractivity (Wildman–Crippen MR) is 91.9 cm³/mol. The molecule has 1 aliphatic heterocycles. The summed E-state index contributed by atoms with van der Waals surface area (Å²) < 4.78 is 6.94. The highest BCUT2D eigenvalue weighted by Crippen LogP contribution is 2.23. The van der Waals surface area contributed by atoms with Crippen LogP contribution in [0.4, 0.5) is 0 Å². The van der Waals surface area contributed by atoms with E-state index in [1.165, 1.54) is 31.5 Å². The highest BCUT2D eigenvalue weighted by molar-refractivity contribution is 9.10. The summed E-state index contributed by atoms with van der Waals surface area (Å²) in [5.74, 6) is 1.82. The van der Waals surface area contributed by atoms with Gasteiger partial charge in [0.05, 0.1) is 6.61 Å². The highest BCUT2D eigenvalue weighted by atomic mass is 79.9. The number of benzene rings is 1. The molecule has 2 rings (SSSR count). The Hall–Kier alpha value is -0.580. The molecule has 1 N–H and O–H groups in total. The van der Waals surface area contributed by atoms with E-state index in [0.29, 0.717) is 0 Å². The van der Waals surface area contributed by atoms with E-state index >= 15 is 0 Å². The van der Waals surface area contributed by atoms with Crippen LogP contribution in [-0.4, -0.2) is 38.2 Å². The van der Waals surface area contributed by atoms with Crippen LogP contribution in [0.25, 0.3) is 0 Å². The SMILES string of the molecule is CCCOc1ccc(Br)cc1CNCC1CCN(C)CC1. The summed E-state index contributed by atoms with van der Waals surface area (Å²) in [6, 6.07) is 6.27. The lowest BCUT2D eigenvalue weighted by atomic mass is 9.97. The summed E-state index contributed by atoms with van der Waals surface area (Å²) in [6.45, 7) is 7.36. The zero-order valence-corrected chi connectivity index (χ0v) is 14.8. The van der Waals surface area contributed by atoms with Crippen LogP contribution in [0.15, 0.2) is 22.7 Å². The second kappa shape index (κ2) is 8.76. The van der Waals surface area contributed by atoms with Crippen molar-refractivity contribution in [3.63, 3.8) is 0 Å². The molecule has 0 bridgehead atoms. The van der Waals surface area contributed by atoms with Crippen molar-refractivity contribution in [1.82, 2.24) is 10.2 Å². The molecule has 0 unspecified atom stereocenters. The molecule has 0 amide bonds. The maximum Gasteiger partial charge on any atom is 0.123 e. The van der Waals surface area contributed by atoms with Gasteiger partial charge in [-0.2, -0.15) is 0 Å². The molecule has 0 aromatic heterocycles. The van der Waals surface area contributed by atoms with Crippen molar-refractivity contribution in [3.8, 4) is 5.75 Å². The van der Waals surface area contributed by atoms with E-state index in [0.717, 1.165) is 42.3 Å². The molecule has 0 spiro atoms. The van der Waals surface area contributed by atoms with Gasteiger partial charge in [-0.1, -0.05) is 22.9 Å². The summed E-state index contributed by atoms with van der Waals surface area (Å²) >= 11 is 3.55. The second-order valence-electron chi connectivity index (χ2n) is 5.98. The summed E-state index contributed by atoms with van der Waals surface area (Å²) in [5, 5.41) is 3.61. The molecule has 4 heteroatoms. The predicted octanol–water partition coefficient (Wildman–Crippen LogP) is 3.67. The Balaban J connectivity index is 1.82. The molecular weight excluding hydrogens is 328 g/mol. The molecule has 0 radical (unpaired) electrons. The maximum atomic E-state index is 5.83. The molecular formula is C17H27BrN2O. The summed E-state index contributed by atoms with van der Waals surface area (Å²) in [5.41, 5.74) is 1.24. The highest BCUT2D eigenvalue weighted by Gasteiger charge is 2.16. The third-order valence-corrected chi connectivity index (χ3v) is 4.56. The van der Waals surface area contributed by atoms with E-state index in [1.807, 2.05) is 6.07 Å². The van der Waals surface area contributed by atoms with Crippen molar-refractivity contribution in [2.24, 2.45) is 5.92 Å². The zero-order valence-electron chi connectivity index (χ0n) is 13.2.